The van der Waals surface area contributed by atoms with Gasteiger partial charge in [0.25, 0.3) is 0 Å². The second-order valence-electron chi connectivity index (χ2n) is 4.04. The fourth-order valence-corrected chi connectivity index (χ4v) is 1.94. The molecule has 17 heavy (non-hydrogen) atoms. The standard InChI is InChI=1S/C12H16N2O3/c15-12(16)11-9-17-8-7-14(11)6-4-10-3-1-2-5-13-10/h1-3,5,11H,4,6-9H2,(H,15,16). The van der Waals surface area contributed by atoms with Crippen LogP contribution >= 0.6 is 0 Å². The van der Waals surface area contributed by atoms with E-state index in [-0.39, 0.29) is 6.61 Å². The Hall–Kier alpha value is -1.46. The maximum absolute atomic E-state index is 11.0. The highest BCUT2D eigenvalue weighted by atomic mass is 16.5. The zero-order valence-electron chi connectivity index (χ0n) is 9.58. The van der Waals surface area contributed by atoms with Gasteiger partial charge in [0.05, 0.1) is 13.2 Å². The number of ether oxygens (including phenoxy) is 1. The van der Waals surface area contributed by atoms with Gasteiger partial charge < -0.3 is 9.84 Å². The highest BCUT2D eigenvalue weighted by molar-refractivity contribution is 5.73. The summed E-state index contributed by atoms with van der Waals surface area (Å²) in [6, 6.07) is 5.25. The third-order valence-corrected chi connectivity index (χ3v) is 2.91. The zero-order valence-corrected chi connectivity index (χ0v) is 9.58. The van der Waals surface area contributed by atoms with Gasteiger partial charge >= 0.3 is 5.97 Å². The number of hydrogen-bond acceptors (Lipinski definition) is 4. The molecule has 0 bridgehead atoms. The van der Waals surface area contributed by atoms with Crippen molar-refractivity contribution in [1.82, 2.24) is 9.88 Å². The Kier molecular flexibility index (Phi) is 4.06. The number of carbonyl (C=O) groups is 1. The predicted molar refractivity (Wildman–Crippen MR) is 61.8 cm³/mol. The maximum Gasteiger partial charge on any atom is 0.323 e. The first-order valence-corrected chi connectivity index (χ1v) is 5.72. The minimum absolute atomic E-state index is 0.275. The monoisotopic (exact) mass is 236 g/mol. The van der Waals surface area contributed by atoms with Gasteiger partial charge in [0.1, 0.15) is 6.04 Å². The molecular formula is C12H16N2O3. The molecule has 1 fully saturated rings. The van der Waals surface area contributed by atoms with Crippen LogP contribution in [0.1, 0.15) is 5.69 Å². The molecule has 5 nitrogen and oxygen atoms in total. The lowest BCUT2D eigenvalue weighted by atomic mass is 10.2. The van der Waals surface area contributed by atoms with E-state index in [0.29, 0.717) is 19.7 Å². The van der Waals surface area contributed by atoms with Crippen molar-refractivity contribution in [3.63, 3.8) is 0 Å². The van der Waals surface area contributed by atoms with Gasteiger partial charge in [0.15, 0.2) is 0 Å². The minimum Gasteiger partial charge on any atom is -0.480 e. The van der Waals surface area contributed by atoms with Gasteiger partial charge in [-0.2, -0.15) is 0 Å². The number of rotatable bonds is 4. The number of nitrogens with zero attached hydrogens (tertiary/aromatic N) is 2. The number of aromatic nitrogens is 1. The first-order valence-electron chi connectivity index (χ1n) is 5.72. The topological polar surface area (TPSA) is 62.7 Å². The molecule has 0 saturated carbocycles. The molecule has 1 unspecified atom stereocenters. The Morgan fingerprint density at radius 3 is 3.18 bits per heavy atom. The lowest BCUT2D eigenvalue weighted by molar-refractivity contribution is -0.149. The van der Waals surface area contributed by atoms with Gasteiger partial charge in [-0.15, -0.1) is 0 Å². The van der Waals surface area contributed by atoms with E-state index in [1.54, 1.807) is 6.20 Å². The molecular weight excluding hydrogens is 220 g/mol. The number of carboxylic acids is 1. The van der Waals surface area contributed by atoms with Gasteiger partial charge in [-0.05, 0) is 12.1 Å². The van der Waals surface area contributed by atoms with Crippen LogP contribution in [0.25, 0.3) is 0 Å². The van der Waals surface area contributed by atoms with Crippen molar-refractivity contribution < 1.29 is 14.6 Å². The molecule has 0 amide bonds. The molecule has 2 rings (SSSR count). The van der Waals surface area contributed by atoms with Crippen LogP contribution in [0.5, 0.6) is 0 Å². The number of hydrogen-bond donors (Lipinski definition) is 1. The molecule has 2 heterocycles. The van der Waals surface area contributed by atoms with E-state index in [1.807, 2.05) is 23.1 Å². The van der Waals surface area contributed by atoms with Gasteiger partial charge in [0, 0.05) is 31.4 Å². The van der Waals surface area contributed by atoms with Gasteiger partial charge in [-0.1, -0.05) is 6.07 Å². The van der Waals surface area contributed by atoms with Crippen molar-refractivity contribution in [3.8, 4) is 0 Å². The largest absolute Gasteiger partial charge is 0.480 e. The van der Waals surface area contributed by atoms with E-state index >= 15 is 0 Å². The molecule has 92 valence electrons. The minimum atomic E-state index is -0.814. The van der Waals surface area contributed by atoms with Crippen LogP contribution in [-0.4, -0.2) is 53.3 Å². The lowest BCUT2D eigenvalue weighted by Crippen LogP contribution is -2.50. The summed E-state index contributed by atoms with van der Waals surface area (Å²) in [5.74, 6) is -0.814. The predicted octanol–water partition coefficient (Wildman–Crippen LogP) is 0.409. The second kappa shape index (κ2) is 5.75. The Bertz CT molecular complexity index is 369. The van der Waals surface area contributed by atoms with E-state index in [0.717, 1.165) is 12.1 Å². The fraction of sp³-hybridized carbons (Fsp3) is 0.500. The Morgan fingerprint density at radius 2 is 2.47 bits per heavy atom. The molecule has 5 heteroatoms. The molecule has 0 radical (unpaired) electrons. The summed E-state index contributed by atoms with van der Waals surface area (Å²) in [6.07, 6.45) is 2.52. The van der Waals surface area contributed by atoms with Crippen LogP contribution < -0.4 is 0 Å². The summed E-state index contributed by atoms with van der Waals surface area (Å²) in [5.41, 5.74) is 0.989. The van der Waals surface area contributed by atoms with Gasteiger partial charge in [0.2, 0.25) is 0 Å². The van der Waals surface area contributed by atoms with Crippen molar-refractivity contribution in [1.29, 1.82) is 0 Å². The molecule has 1 aromatic heterocycles. The highest BCUT2D eigenvalue weighted by Crippen LogP contribution is 2.08. The third-order valence-electron chi connectivity index (χ3n) is 2.91. The van der Waals surface area contributed by atoms with Crippen molar-refractivity contribution in [2.24, 2.45) is 0 Å². The summed E-state index contributed by atoms with van der Waals surface area (Å²) in [6.45, 7) is 2.25. The number of morpholine rings is 1. The summed E-state index contributed by atoms with van der Waals surface area (Å²) < 4.78 is 5.19. The Labute approximate surface area is 100 Å². The number of pyridine rings is 1. The normalized spacial score (nSPS) is 21.3. The highest BCUT2D eigenvalue weighted by Gasteiger charge is 2.28. The summed E-state index contributed by atoms with van der Waals surface area (Å²) in [5, 5.41) is 9.07. The molecule has 1 aliphatic rings. The first-order chi connectivity index (χ1) is 8.27. The molecule has 0 spiro atoms. The average Bonchev–Trinajstić information content (AvgIpc) is 2.38. The smallest absolute Gasteiger partial charge is 0.323 e. The lowest BCUT2D eigenvalue weighted by Gasteiger charge is -2.32. The van der Waals surface area contributed by atoms with E-state index in [1.165, 1.54) is 0 Å². The van der Waals surface area contributed by atoms with Crippen LogP contribution in [-0.2, 0) is 16.0 Å². The number of carboxylic acid groups (broad SMARTS) is 1. The molecule has 1 aliphatic heterocycles. The summed E-state index contributed by atoms with van der Waals surface area (Å²) >= 11 is 0. The summed E-state index contributed by atoms with van der Waals surface area (Å²) in [7, 11) is 0. The van der Waals surface area contributed by atoms with E-state index in [9.17, 15) is 4.79 Å². The van der Waals surface area contributed by atoms with Crippen molar-refractivity contribution >= 4 is 5.97 Å². The molecule has 1 aromatic rings. The van der Waals surface area contributed by atoms with Crippen LogP contribution in [0.4, 0.5) is 0 Å². The van der Waals surface area contributed by atoms with E-state index in [4.69, 9.17) is 9.84 Å². The molecule has 0 aromatic carbocycles. The van der Waals surface area contributed by atoms with Crippen molar-refractivity contribution in [2.45, 2.75) is 12.5 Å². The average molecular weight is 236 g/mol. The first kappa shape index (κ1) is 12.0. The molecule has 1 saturated heterocycles. The SMILES string of the molecule is O=C(O)C1COCCN1CCc1ccccn1. The zero-order chi connectivity index (χ0) is 12.1. The Morgan fingerprint density at radius 1 is 1.59 bits per heavy atom. The van der Waals surface area contributed by atoms with Gasteiger partial charge in [-0.3, -0.25) is 14.7 Å². The molecule has 1 atom stereocenters. The fourth-order valence-electron chi connectivity index (χ4n) is 1.94. The second-order valence-corrected chi connectivity index (χ2v) is 4.04. The molecule has 0 aliphatic carbocycles. The van der Waals surface area contributed by atoms with E-state index < -0.39 is 12.0 Å². The van der Waals surface area contributed by atoms with Crippen LogP contribution in [0.3, 0.4) is 0 Å². The maximum atomic E-state index is 11.0. The van der Waals surface area contributed by atoms with Gasteiger partial charge in [-0.25, -0.2) is 0 Å². The van der Waals surface area contributed by atoms with Crippen molar-refractivity contribution in [3.05, 3.63) is 30.1 Å². The summed E-state index contributed by atoms with van der Waals surface area (Å²) in [4.78, 5) is 17.2. The van der Waals surface area contributed by atoms with Crippen LogP contribution in [0.2, 0.25) is 0 Å². The Balaban J connectivity index is 1.90. The van der Waals surface area contributed by atoms with E-state index in [2.05, 4.69) is 4.98 Å². The third kappa shape index (κ3) is 3.25. The van der Waals surface area contributed by atoms with Crippen LogP contribution in [0.15, 0.2) is 24.4 Å². The van der Waals surface area contributed by atoms with Crippen molar-refractivity contribution in [2.75, 3.05) is 26.3 Å². The molecule has 1 N–H and O–H groups in total. The quantitative estimate of drug-likeness (QED) is 0.820. The van der Waals surface area contributed by atoms with Crippen LogP contribution in [0, 0.1) is 0 Å². The number of aliphatic carboxylic acids is 1.